The first-order chi connectivity index (χ1) is 16.0. The molecule has 2 fully saturated rings. The highest BCUT2D eigenvalue weighted by atomic mass is 32.2. The molecule has 2 saturated heterocycles. The Hall–Kier alpha value is -2.62. The highest BCUT2D eigenvalue weighted by molar-refractivity contribution is 7.89. The lowest BCUT2D eigenvalue weighted by atomic mass is 9.74. The van der Waals surface area contributed by atoms with Gasteiger partial charge in [0.1, 0.15) is 11.1 Å². The van der Waals surface area contributed by atoms with Crippen LogP contribution in [0.1, 0.15) is 53.5 Å². The van der Waals surface area contributed by atoms with E-state index >= 15 is 4.39 Å². The Morgan fingerprint density at radius 2 is 1.91 bits per heavy atom. The maximum Gasteiger partial charge on any atom is 0.226 e. The van der Waals surface area contributed by atoms with Gasteiger partial charge in [0.15, 0.2) is 0 Å². The summed E-state index contributed by atoms with van der Waals surface area (Å²) >= 11 is 0. The maximum absolute atomic E-state index is 15.3. The average molecular weight is 472 g/mol. The summed E-state index contributed by atoms with van der Waals surface area (Å²) in [4.78, 5) is 0. The Morgan fingerprint density at radius 1 is 1.12 bits per heavy atom. The van der Waals surface area contributed by atoms with E-state index in [4.69, 9.17) is 9.15 Å². The van der Waals surface area contributed by atoms with Gasteiger partial charge in [-0.15, -0.1) is 10.2 Å². The highest BCUT2D eigenvalue weighted by Gasteiger charge is 2.42. The minimum Gasteiger partial charge on any atom is -0.427 e. The number of halogens is 1. The molecule has 33 heavy (non-hydrogen) atoms. The molecular weight excluding hydrogens is 445 g/mol. The fraction of sp³-hybridized carbons (Fsp3) is 0.417. The lowest BCUT2D eigenvalue weighted by Gasteiger charge is -2.35. The van der Waals surface area contributed by atoms with Crippen molar-refractivity contribution in [3.8, 4) is 0 Å². The molecule has 1 aromatic heterocycles. The third kappa shape index (κ3) is 4.09. The molecule has 0 spiro atoms. The molecule has 3 aromatic rings. The summed E-state index contributed by atoms with van der Waals surface area (Å²) in [5.41, 5.74) is 1.26. The summed E-state index contributed by atoms with van der Waals surface area (Å²) in [6.45, 7) is 1.42. The number of benzene rings is 2. The molecule has 0 unspecified atom stereocenters. The van der Waals surface area contributed by atoms with E-state index in [1.807, 2.05) is 36.4 Å². The van der Waals surface area contributed by atoms with Gasteiger partial charge in [-0.1, -0.05) is 42.5 Å². The van der Waals surface area contributed by atoms with E-state index in [0.29, 0.717) is 50.5 Å². The van der Waals surface area contributed by atoms with Gasteiger partial charge in [-0.05, 0) is 42.9 Å². The number of rotatable bonds is 5. The van der Waals surface area contributed by atoms with Crippen LogP contribution < -0.4 is 0 Å². The van der Waals surface area contributed by atoms with E-state index in [9.17, 15) is 8.42 Å². The monoisotopic (exact) mass is 471 g/mol. The van der Waals surface area contributed by atoms with Crippen LogP contribution in [0.2, 0.25) is 0 Å². The third-order valence-corrected chi connectivity index (χ3v) is 9.09. The first kappa shape index (κ1) is 22.2. The van der Waals surface area contributed by atoms with Gasteiger partial charge in [0.05, 0.1) is 5.41 Å². The van der Waals surface area contributed by atoms with Crippen molar-refractivity contribution >= 4 is 10.0 Å². The second-order valence-corrected chi connectivity index (χ2v) is 10.8. The summed E-state index contributed by atoms with van der Waals surface area (Å²) in [5.74, 6) is 0.0113. The Kier molecular flexibility index (Phi) is 6.03. The fourth-order valence-corrected chi connectivity index (χ4v) is 7.00. The molecule has 0 bridgehead atoms. The molecule has 1 atom stereocenters. The predicted octanol–water partition coefficient (Wildman–Crippen LogP) is 3.97. The van der Waals surface area contributed by atoms with Crippen molar-refractivity contribution in [2.24, 2.45) is 0 Å². The molecule has 2 aliphatic heterocycles. The molecule has 3 heterocycles. The molecule has 2 aromatic carbocycles. The van der Waals surface area contributed by atoms with Crippen molar-refractivity contribution in [1.29, 1.82) is 0 Å². The number of ether oxygens (including phenoxy) is 1. The van der Waals surface area contributed by atoms with Gasteiger partial charge < -0.3 is 9.15 Å². The number of aromatic nitrogens is 2. The van der Waals surface area contributed by atoms with Crippen LogP contribution in [-0.2, 0) is 26.7 Å². The van der Waals surface area contributed by atoms with Gasteiger partial charge >= 0.3 is 0 Å². The van der Waals surface area contributed by atoms with E-state index in [1.165, 1.54) is 16.8 Å². The molecule has 174 valence electrons. The molecule has 7 nitrogen and oxygen atoms in total. The van der Waals surface area contributed by atoms with Gasteiger partial charge in [-0.3, -0.25) is 0 Å². The lowest BCUT2D eigenvalue weighted by molar-refractivity contribution is 0.0543. The van der Waals surface area contributed by atoms with Gasteiger partial charge in [0.2, 0.25) is 22.3 Å². The third-order valence-electron chi connectivity index (χ3n) is 6.83. The quantitative estimate of drug-likeness (QED) is 0.560. The summed E-state index contributed by atoms with van der Waals surface area (Å²) in [6, 6.07) is 14.2. The van der Waals surface area contributed by atoms with Gasteiger partial charge in [-0.25, -0.2) is 12.8 Å². The maximum atomic E-state index is 15.3. The standard InChI is InChI=1S/C24H26FN3O4S/c25-21-15-20(24(10-13-31-14-11-24)23-27-26-17-32-23)9-8-19(21)16-28-12-4-7-22(33(28,29)30)18-5-2-1-3-6-18/h1-3,5-6,8-9,15,17,22H,4,7,10-14,16H2/t22-/m1/s1. The van der Waals surface area contributed by atoms with Crippen molar-refractivity contribution < 1.29 is 22.0 Å². The van der Waals surface area contributed by atoms with Crippen LogP contribution >= 0.6 is 0 Å². The summed E-state index contributed by atoms with van der Waals surface area (Å²) in [6.07, 6.45) is 3.79. The van der Waals surface area contributed by atoms with Crippen LogP contribution in [0.3, 0.4) is 0 Å². The Labute approximate surface area is 192 Å². The van der Waals surface area contributed by atoms with Crippen LogP contribution in [-0.4, -0.2) is 42.7 Å². The van der Waals surface area contributed by atoms with Crippen molar-refractivity contribution in [3.63, 3.8) is 0 Å². The summed E-state index contributed by atoms with van der Waals surface area (Å²) < 4.78 is 54.4. The SMILES string of the molecule is O=S1(=O)[C@@H](c2ccccc2)CCCN1Cc1ccc(C2(c3nnco3)CCOCC2)cc1F. The average Bonchev–Trinajstić information content (AvgIpc) is 3.38. The molecule has 0 N–H and O–H groups in total. The van der Waals surface area contributed by atoms with E-state index in [2.05, 4.69) is 10.2 Å². The molecule has 2 aliphatic rings. The zero-order valence-electron chi connectivity index (χ0n) is 18.2. The van der Waals surface area contributed by atoms with Crippen LogP contribution in [0.25, 0.3) is 0 Å². The lowest BCUT2D eigenvalue weighted by Crippen LogP contribution is -2.39. The van der Waals surface area contributed by atoms with Gasteiger partial charge in [0, 0.05) is 31.9 Å². The van der Waals surface area contributed by atoms with Gasteiger partial charge in [-0.2, -0.15) is 4.31 Å². The Balaban J connectivity index is 1.42. The zero-order valence-corrected chi connectivity index (χ0v) is 19.0. The van der Waals surface area contributed by atoms with E-state index < -0.39 is 26.5 Å². The van der Waals surface area contributed by atoms with E-state index in [-0.39, 0.29) is 6.54 Å². The van der Waals surface area contributed by atoms with Crippen LogP contribution in [0.15, 0.2) is 59.3 Å². The smallest absolute Gasteiger partial charge is 0.226 e. The molecule has 5 rings (SSSR count). The highest BCUT2D eigenvalue weighted by Crippen LogP contribution is 2.41. The topological polar surface area (TPSA) is 85.5 Å². The molecule has 0 radical (unpaired) electrons. The minimum absolute atomic E-state index is 0.00838. The van der Waals surface area contributed by atoms with Crippen LogP contribution in [0, 0.1) is 5.82 Å². The van der Waals surface area contributed by atoms with Crippen molar-refractivity contribution in [2.75, 3.05) is 19.8 Å². The zero-order chi connectivity index (χ0) is 22.9. The Morgan fingerprint density at radius 3 is 2.61 bits per heavy atom. The van der Waals surface area contributed by atoms with E-state index in [1.54, 1.807) is 6.07 Å². The Bertz CT molecular complexity index is 1200. The van der Waals surface area contributed by atoms with Crippen LogP contribution in [0.5, 0.6) is 0 Å². The number of hydrogen-bond donors (Lipinski definition) is 0. The normalized spacial score (nSPS) is 22.8. The van der Waals surface area contributed by atoms with E-state index in [0.717, 1.165) is 17.5 Å². The van der Waals surface area contributed by atoms with Crippen molar-refractivity contribution in [2.45, 2.75) is 42.9 Å². The summed E-state index contributed by atoms with van der Waals surface area (Å²) in [5, 5.41) is 7.32. The number of sulfonamides is 1. The second kappa shape index (κ2) is 8.96. The number of nitrogens with zero attached hydrogens (tertiary/aromatic N) is 3. The molecule has 0 saturated carbocycles. The van der Waals surface area contributed by atoms with Crippen molar-refractivity contribution in [1.82, 2.24) is 14.5 Å². The molecule has 0 amide bonds. The van der Waals surface area contributed by atoms with Crippen LogP contribution in [0.4, 0.5) is 4.39 Å². The first-order valence-electron chi connectivity index (χ1n) is 11.2. The molecular formula is C24H26FN3O4S. The predicted molar refractivity (Wildman–Crippen MR) is 119 cm³/mol. The van der Waals surface area contributed by atoms with Gasteiger partial charge in [0.25, 0.3) is 0 Å². The number of hydrogen-bond acceptors (Lipinski definition) is 6. The van der Waals surface area contributed by atoms with Crippen molar-refractivity contribution in [3.05, 3.63) is 83.3 Å². The first-order valence-corrected chi connectivity index (χ1v) is 12.7. The summed E-state index contributed by atoms with van der Waals surface area (Å²) in [7, 11) is -3.59. The second-order valence-electron chi connectivity index (χ2n) is 8.66. The molecule has 0 aliphatic carbocycles. The largest absolute Gasteiger partial charge is 0.427 e. The minimum atomic E-state index is -3.59. The molecule has 9 heteroatoms. The fourth-order valence-electron chi connectivity index (χ4n) is 4.98.